The molecule has 12 heavy (non-hydrogen) atoms. The van der Waals surface area contributed by atoms with Gasteiger partial charge in [0.1, 0.15) is 0 Å². The molecule has 0 aliphatic carbocycles. The maximum absolute atomic E-state index is 2.48. The molecular weight excluding hydrogens is 146 g/mol. The molecule has 0 heterocycles. The van der Waals surface area contributed by atoms with Gasteiger partial charge in [0.15, 0.2) is 0 Å². The van der Waals surface area contributed by atoms with E-state index in [1.165, 1.54) is 0 Å². The maximum Gasteiger partial charge on any atom is 0.00898 e. The molecule has 0 aliphatic heterocycles. The smallest absolute Gasteiger partial charge is 0.00898 e. The molecule has 2 unspecified atom stereocenters. The lowest BCUT2D eigenvalue weighted by atomic mass is 9.99. The van der Waals surface area contributed by atoms with Crippen molar-refractivity contribution in [2.75, 3.05) is 7.05 Å². The SMILES string of the molecule is CC(C)C(C)N(C)C(C)C(C)C. The summed E-state index contributed by atoms with van der Waals surface area (Å²) in [6.07, 6.45) is 0. The molecule has 0 aromatic heterocycles. The van der Waals surface area contributed by atoms with Crippen LogP contribution in [0.1, 0.15) is 41.5 Å². The molecule has 2 atom stereocenters. The van der Waals surface area contributed by atoms with Gasteiger partial charge in [0, 0.05) is 12.1 Å². The Labute approximate surface area is 78.1 Å². The minimum absolute atomic E-state index is 0.683. The zero-order valence-electron chi connectivity index (χ0n) is 9.76. The lowest BCUT2D eigenvalue weighted by molar-refractivity contribution is 0.127. The summed E-state index contributed by atoms with van der Waals surface area (Å²) in [7, 11) is 2.23. The van der Waals surface area contributed by atoms with Gasteiger partial charge in [-0.1, -0.05) is 27.7 Å². The van der Waals surface area contributed by atoms with Gasteiger partial charge in [-0.05, 0) is 32.7 Å². The van der Waals surface area contributed by atoms with E-state index < -0.39 is 0 Å². The number of nitrogens with zero attached hydrogens (tertiary/aromatic N) is 1. The van der Waals surface area contributed by atoms with Crippen LogP contribution in [0.4, 0.5) is 0 Å². The Bertz CT molecular complexity index is 104. The molecule has 0 rings (SSSR count). The van der Waals surface area contributed by atoms with Crippen LogP contribution >= 0.6 is 0 Å². The van der Waals surface area contributed by atoms with Crippen molar-refractivity contribution in [3.63, 3.8) is 0 Å². The average Bonchev–Trinajstić information content (AvgIpc) is 2.00. The first-order valence-corrected chi connectivity index (χ1v) is 5.09. The summed E-state index contributed by atoms with van der Waals surface area (Å²) in [5.74, 6) is 1.49. The minimum Gasteiger partial charge on any atom is -0.301 e. The van der Waals surface area contributed by atoms with Crippen LogP contribution in [-0.2, 0) is 0 Å². The summed E-state index contributed by atoms with van der Waals surface area (Å²) in [5.41, 5.74) is 0. The zero-order valence-corrected chi connectivity index (χ0v) is 9.76. The van der Waals surface area contributed by atoms with Crippen LogP contribution in [0.15, 0.2) is 0 Å². The summed E-state index contributed by atoms with van der Waals surface area (Å²) >= 11 is 0. The van der Waals surface area contributed by atoms with E-state index in [4.69, 9.17) is 0 Å². The third kappa shape index (κ3) is 3.14. The monoisotopic (exact) mass is 171 g/mol. The van der Waals surface area contributed by atoms with Crippen molar-refractivity contribution in [3.05, 3.63) is 0 Å². The van der Waals surface area contributed by atoms with Gasteiger partial charge in [-0.25, -0.2) is 0 Å². The van der Waals surface area contributed by atoms with Crippen LogP contribution < -0.4 is 0 Å². The van der Waals surface area contributed by atoms with Crippen molar-refractivity contribution in [1.82, 2.24) is 4.90 Å². The van der Waals surface area contributed by atoms with E-state index in [1.54, 1.807) is 0 Å². The summed E-state index contributed by atoms with van der Waals surface area (Å²) in [5, 5.41) is 0. The summed E-state index contributed by atoms with van der Waals surface area (Å²) in [6, 6.07) is 1.37. The van der Waals surface area contributed by atoms with Crippen molar-refractivity contribution in [3.8, 4) is 0 Å². The predicted octanol–water partition coefficient (Wildman–Crippen LogP) is 3.01. The molecule has 1 heteroatoms. The van der Waals surface area contributed by atoms with E-state index >= 15 is 0 Å². The van der Waals surface area contributed by atoms with Crippen LogP contribution in [0.2, 0.25) is 0 Å². The first-order valence-electron chi connectivity index (χ1n) is 5.09. The first-order chi connectivity index (χ1) is 5.37. The van der Waals surface area contributed by atoms with E-state index in [2.05, 4.69) is 53.5 Å². The third-order valence-corrected chi connectivity index (χ3v) is 3.21. The van der Waals surface area contributed by atoms with E-state index in [9.17, 15) is 0 Å². The zero-order chi connectivity index (χ0) is 9.89. The molecule has 0 fully saturated rings. The molecule has 0 saturated heterocycles. The fourth-order valence-corrected chi connectivity index (χ4v) is 1.31. The Hall–Kier alpha value is -0.0400. The molecule has 0 aromatic carbocycles. The van der Waals surface area contributed by atoms with Gasteiger partial charge in [0.2, 0.25) is 0 Å². The Morgan fingerprint density at radius 1 is 0.667 bits per heavy atom. The lowest BCUT2D eigenvalue weighted by Gasteiger charge is -2.35. The first kappa shape index (κ1) is 12.0. The van der Waals surface area contributed by atoms with Gasteiger partial charge in [-0.2, -0.15) is 0 Å². The average molecular weight is 171 g/mol. The molecule has 0 spiro atoms. The van der Waals surface area contributed by atoms with Crippen LogP contribution in [0, 0.1) is 11.8 Å². The second-order valence-electron chi connectivity index (χ2n) is 4.63. The van der Waals surface area contributed by atoms with Gasteiger partial charge in [0.25, 0.3) is 0 Å². The number of hydrogen-bond donors (Lipinski definition) is 0. The fraction of sp³-hybridized carbons (Fsp3) is 1.00. The summed E-state index contributed by atoms with van der Waals surface area (Å²) < 4.78 is 0. The van der Waals surface area contributed by atoms with E-state index in [1.807, 2.05) is 0 Å². The highest BCUT2D eigenvalue weighted by atomic mass is 15.2. The Morgan fingerprint density at radius 3 is 1.08 bits per heavy atom. The van der Waals surface area contributed by atoms with Gasteiger partial charge in [0.05, 0.1) is 0 Å². The largest absolute Gasteiger partial charge is 0.301 e. The molecule has 0 bridgehead atoms. The molecule has 0 saturated carbocycles. The molecule has 1 nitrogen and oxygen atoms in total. The summed E-state index contributed by atoms with van der Waals surface area (Å²) in [4.78, 5) is 2.48. The normalized spacial score (nSPS) is 17.5. The van der Waals surface area contributed by atoms with Gasteiger partial charge in [-0.3, -0.25) is 0 Å². The van der Waals surface area contributed by atoms with Crippen molar-refractivity contribution >= 4 is 0 Å². The predicted molar refractivity (Wildman–Crippen MR) is 56.4 cm³/mol. The highest BCUT2D eigenvalue weighted by Gasteiger charge is 2.20. The molecule has 0 N–H and O–H groups in total. The molecule has 0 aromatic rings. The van der Waals surface area contributed by atoms with Crippen molar-refractivity contribution in [1.29, 1.82) is 0 Å². The molecule has 0 amide bonds. The number of rotatable bonds is 4. The molecule has 0 radical (unpaired) electrons. The summed E-state index contributed by atoms with van der Waals surface area (Å²) in [6.45, 7) is 13.8. The van der Waals surface area contributed by atoms with Crippen LogP contribution in [0.5, 0.6) is 0 Å². The number of hydrogen-bond acceptors (Lipinski definition) is 1. The molecule has 74 valence electrons. The van der Waals surface area contributed by atoms with E-state index in [0.29, 0.717) is 12.1 Å². The highest BCUT2D eigenvalue weighted by molar-refractivity contribution is 4.74. The third-order valence-electron chi connectivity index (χ3n) is 3.21. The second kappa shape index (κ2) is 4.86. The Morgan fingerprint density at radius 2 is 0.917 bits per heavy atom. The maximum atomic E-state index is 2.48. The second-order valence-corrected chi connectivity index (χ2v) is 4.63. The van der Waals surface area contributed by atoms with Crippen molar-refractivity contribution in [2.45, 2.75) is 53.6 Å². The molecule has 0 aliphatic rings. The van der Waals surface area contributed by atoms with Gasteiger partial charge >= 0.3 is 0 Å². The standard InChI is InChI=1S/C11H25N/c1-8(2)10(5)12(7)11(6)9(3)4/h8-11H,1-7H3. The quantitative estimate of drug-likeness (QED) is 0.628. The van der Waals surface area contributed by atoms with E-state index in [0.717, 1.165) is 11.8 Å². The van der Waals surface area contributed by atoms with Crippen LogP contribution in [0.25, 0.3) is 0 Å². The lowest BCUT2D eigenvalue weighted by Crippen LogP contribution is -2.42. The Balaban J connectivity index is 4.08. The molecular formula is C11H25N. The van der Waals surface area contributed by atoms with Crippen molar-refractivity contribution in [2.24, 2.45) is 11.8 Å². The Kier molecular flexibility index (Phi) is 4.84. The van der Waals surface area contributed by atoms with Crippen LogP contribution in [-0.4, -0.2) is 24.0 Å². The van der Waals surface area contributed by atoms with Crippen LogP contribution in [0.3, 0.4) is 0 Å². The fourth-order valence-electron chi connectivity index (χ4n) is 1.31. The van der Waals surface area contributed by atoms with Gasteiger partial charge < -0.3 is 4.90 Å². The minimum atomic E-state index is 0.683. The highest BCUT2D eigenvalue weighted by Crippen LogP contribution is 2.15. The topological polar surface area (TPSA) is 3.24 Å². The van der Waals surface area contributed by atoms with Gasteiger partial charge in [-0.15, -0.1) is 0 Å². The van der Waals surface area contributed by atoms with Crippen molar-refractivity contribution < 1.29 is 0 Å². The van der Waals surface area contributed by atoms with E-state index in [-0.39, 0.29) is 0 Å².